The molecular formula is C17H17F2NO. The van der Waals surface area contributed by atoms with Gasteiger partial charge in [0.05, 0.1) is 6.61 Å². The van der Waals surface area contributed by atoms with Crippen LogP contribution in [0.4, 0.5) is 8.78 Å². The molecule has 0 spiro atoms. The van der Waals surface area contributed by atoms with Crippen LogP contribution in [0.3, 0.4) is 0 Å². The molecule has 4 heteroatoms. The standard InChI is InChI=1S/C17H17F2NO/c18-17(19)13-5-3-4-12(10-13)11-20-15-8-9-21-16-7-2-1-6-14(15)16/h1-7,10,15,17,20H,8-9,11H2. The van der Waals surface area contributed by atoms with E-state index in [1.54, 1.807) is 12.1 Å². The molecule has 0 amide bonds. The van der Waals surface area contributed by atoms with E-state index >= 15 is 0 Å². The van der Waals surface area contributed by atoms with Crippen LogP contribution in [0.25, 0.3) is 0 Å². The minimum Gasteiger partial charge on any atom is -0.493 e. The van der Waals surface area contributed by atoms with Crippen LogP contribution < -0.4 is 10.1 Å². The van der Waals surface area contributed by atoms with E-state index in [0.717, 1.165) is 23.3 Å². The Morgan fingerprint density at radius 3 is 2.86 bits per heavy atom. The van der Waals surface area contributed by atoms with Crippen molar-refractivity contribution < 1.29 is 13.5 Å². The lowest BCUT2D eigenvalue weighted by Gasteiger charge is -2.26. The molecule has 1 atom stereocenters. The fourth-order valence-electron chi connectivity index (χ4n) is 2.63. The minimum atomic E-state index is -2.42. The van der Waals surface area contributed by atoms with Crippen molar-refractivity contribution in [1.29, 1.82) is 0 Å². The highest BCUT2D eigenvalue weighted by Gasteiger charge is 2.20. The number of para-hydroxylation sites is 1. The van der Waals surface area contributed by atoms with Crippen molar-refractivity contribution in [3.05, 3.63) is 65.2 Å². The minimum absolute atomic E-state index is 0.0710. The molecule has 1 unspecified atom stereocenters. The van der Waals surface area contributed by atoms with Crippen molar-refractivity contribution in [1.82, 2.24) is 5.32 Å². The van der Waals surface area contributed by atoms with E-state index in [0.29, 0.717) is 13.2 Å². The van der Waals surface area contributed by atoms with Gasteiger partial charge < -0.3 is 10.1 Å². The molecule has 0 aliphatic carbocycles. The zero-order valence-corrected chi connectivity index (χ0v) is 11.6. The average Bonchev–Trinajstić information content (AvgIpc) is 2.53. The van der Waals surface area contributed by atoms with Gasteiger partial charge in [0.2, 0.25) is 0 Å². The number of halogens is 2. The summed E-state index contributed by atoms with van der Waals surface area (Å²) < 4.78 is 31.0. The summed E-state index contributed by atoms with van der Waals surface area (Å²) in [5.41, 5.74) is 2.08. The van der Waals surface area contributed by atoms with Crippen molar-refractivity contribution in [2.75, 3.05) is 6.61 Å². The molecule has 21 heavy (non-hydrogen) atoms. The number of nitrogens with one attached hydrogen (secondary N) is 1. The quantitative estimate of drug-likeness (QED) is 0.909. The maximum atomic E-state index is 12.7. The Morgan fingerprint density at radius 1 is 1.14 bits per heavy atom. The summed E-state index contributed by atoms with van der Waals surface area (Å²) in [5, 5.41) is 3.44. The van der Waals surface area contributed by atoms with Crippen molar-refractivity contribution in [2.45, 2.75) is 25.4 Å². The molecule has 0 aromatic heterocycles. The predicted molar refractivity (Wildman–Crippen MR) is 77.5 cm³/mol. The van der Waals surface area contributed by atoms with E-state index in [2.05, 4.69) is 5.32 Å². The highest BCUT2D eigenvalue weighted by molar-refractivity contribution is 5.37. The van der Waals surface area contributed by atoms with E-state index in [1.165, 1.54) is 6.07 Å². The number of ether oxygens (including phenoxy) is 1. The Bertz CT molecular complexity index is 615. The van der Waals surface area contributed by atoms with Gasteiger partial charge in [0.25, 0.3) is 6.43 Å². The molecule has 2 aromatic carbocycles. The Morgan fingerprint density at radius 2 is 2.00 bits per heavy atom. The number of benzene rings is 2. The summed E-state index contributed by atoms with van der Waals surface area (Å²) in [7, 11) is 0. The maximum absolute atomic E-state index is 12.7. The third-order valence-corrected chi connectivity index (χ3v) is 3.71. The van der Waals surface area contributed by atoms with Gasteiger partial charge in [0.15, 0.2) is 0 Å². The number of fused-ring (bicyclic) bond motifs is 1. The summed E-state index contributed by atoms with van der Waals surface area (Å²) in [6.45, 7) is 1.24. The van der Waals surface area contributed by atoms with Crippen LogP contribution in [0.5, 0.6) is 5.75 Å². The van der Waals surface area contributed by atoms with Crippen LogP contribution in [0.1, 0.15) is 35.6 Å². The first-order valence-corrected chi connectivity index (χ1v) is 7.06. The SMILES string of the molecule is FC(F)c1cccc(CNC2CCOc3ccccc32)c1. The number of hydrogen-bond acceptors (Lipinski definition) is 2. The van der Waals surface area contributed by atoms with E-state index in [9.17, 15) is 8.78 Å². The molecule has 1 N–H and O–H groups in total. The normalized spacial score (nSPS) is 17.4. The Labute approximate surface area is 122 Å². The summed E-state index contributed by atoms with van der Waals surface area (Å²) in [5.74, 6) is 0.905. The molecule has 3 rings (SSSR count). The van der Waals surface area contributed by atoms with Crippen LogP contribution in [-0.2, 0) is 6.54 Å². The number of rotatable bonds is 4. The second-order valence-electron chi connectivity index (χ2n) is 5.15. The molecule has 1 aliphatic rings. The van der Waals surface area contributed by atoms with E-state index in [1.807, 2.05) is 30.3 Å². The fraction of sp³-hybridized carbons (Fsp3) is 0.294. The lowest BCUT2D eigenvalue weighted by atomic mass is 10.00. The third-order valence-electron chi connectivity index (χ3n) is 3.71. The summed E-state index contributed by atoms with van der Waals surface area (Å²) in [6, 6.07) is 14.7. The molecule has 0 saturated heterocycles. The van der Waals surface area contributed by atoms with Crippen LogP contribution in [0.15, 0.2) is 48.5 Å². The molecule has 0 radical (unpaired) electrons. The Balaban J connectivity index is 1.70. The van der Waals surface area contributed by atoms with E-state index in [4.69, 9.17) is 4.74 Å². The average molecular weight is 289 g/mol. The first-order chi connectivity index (χ1) is 10.2. The van der Waals surface area contributed by atoms with Crippen LogP contribution in [0.2, 0.25) is 0 Å². The van der Waals surface area contributed by atoms with Crippen molar-refractivity contribution >= 4 is 0 Å². The smallest absolute Gasteiger partial charge is 0.263 e. The van der Waals surface area contributed by atoms with Gasteiger partial charge in [-0.3, -0.25) is 0 Å². The van der Waals surface area contributed by atoms with Gasteiger partial charge in [-0.05, 0) is 17.7 Å². The molecule has 2 aromatic rings. The molecule has 1 aliphatic heterocycles. The number of hydrogen-bond donors (Lipinski definition) is 1. The van der Waals surface area contributed by atoms with Crippen LogP contribution in [0, 0.1) is 0 Å². The van der Waals surface area contributed by atoms with Gasteiger partial charge in [-0.1, -0.05) is 36.4 Å². The van der Waals surface area contributed by atoms with E-state index in [-0.39, 0.29) is 11.6 Å². The molecule has 0 saturated carbocycles. The molecule has 2 nitrogen and oxygen atoms in total. The maximum Gasteiger partial charge on any atom is 0.263 e. The molecule has 1 heterocycles. The van der Waals surface area contributed by atoms with Gasteiger partial charge in [-0.2, -0.15) is 0 Å². The molecule has 110 valence electrons. The third kappa shape index (κ3) is 3.22. The largest absolute Gasteiger partial charge is 0.493 e. The van der Waals surface area contributed by atoms with Crippen molar-refractivity contribution in [3.8, 4) is 5.75 Å². The Kier molecular flexibility index (Phi) is 4.15. The van der Waals surface area contributed by atoms with Gasteiger partial charge in [-0.15, -0.1) is 0 Å². The second-order valence-corrected chi connectivity index (χ2v) is 5.15. The number of alkyl halides is 2. The lowest BCUT2D eigenvalue weighted by Crippen LogP contribution is -2.26. The molecule has 0 bridgehead atoms. The predicted octanol–water partition coefficient (Wildman–Crippen LogP) is 4.24. The van der Waals surface area contributed by atoms with E-state index < -0.39 is 6.43 Å². The molecule has 0 fully saturated rings. The first-order valence-electron chi connectivity index (χ1n) is 7.06. The summed E-state index contributed by atoms with van der Waals surface area (Å²) in [6.07, 6.45) is -1.54. The van der Waals surface area contributed by atoms with Gasteiger partial charge in [-0.25, -0.2) is 8.78 Å². The summed E-state index contributed by atoms with van der Waals surface area (Å²) >= 11 is 0. The topological polar surface area (TPSA) is 21.3 Å². The Hall–Kier alpha value is -1.94. The van der Waals surface area contributed by atoms with Crippen LogP contribution in [-0.4, -0.2) is 6.61 Å². The van der Waals surface area contributed by atoms with Crippen LogP contribution >= 0.6 is 0 Å². The zero-order valence-electron chi connectivity index (χ0n) is 11.6. The van der Waals surface area contributed by atoms with Gasteiger partial charge in [0, 0.05) is 30.1 Å². The zero-order chi connectivity index (χ0) is 14.7. The molecular weight excluding hydrogens is 272 g/mol. The first kappa shape index (κ1) is 14.0. The van der Waals surface area contributed by atoms with Crippen molar-refractivity contribution in [2.24, 2.45) is 0 Å². The van der Waals surface area contributed by atoms with Gasteiger partial charge >= 0.3 is 0 Å². The monoisotopic (exact) mass is 289 g/mol. The van der Waals surface area contributed by atoms with Gasteiger partial charge in [0.1, 0.15) is 5.75 Å². The fourth-order valence-corrected chi connectivity index (χ4v) is 2.63. The van der Waals surface area contributed by atoms with Crippen molar-refractivity contribution in [3.63, 3.8) is 0 Å². The highest BCUT2D eigenvalue weighted by Crippen LogP contribution is 2.31. The highest BCUT2D eigenvalue weighted by atomic mass is 19.3. The summed E-state index contributed by atoms with van der Waals surface area (Å²) in [4.78, 5) is 0. The second kappa shape index (κ2) is 6.22. The lowest BCUT2D eigenvalue weighted by molar-refractivity contribution is 0.151.